The average Bonchev–Trinajstić information content (AvgIpc) is 2.65. The number of hydrogen-bond donors (Lipinski definition) is 1. The number of aromatic nitrogens is 2. The lowest BCUT2D eigenvalue weighted by Crippen LogP contribution is -2.28. The van der Waals surface area contributed by atoms with E-state index in [1.165, 1.54) is 11.3 Å². The highest BCUT2D eigenvalue weighted by Gasteiger charge is 2.21. The third kappa shape index (κ3) is 2.35. The fourth-order valence-corrected chi connectivity index (χ4v) is 3.03. The highest BCUT2D eigenvalue weighted by molar-refractivity contribution is 6.31. The van der Waals surface area contributed by atoms with Crippen molar-refractivity contribution in [3.63, 3.8) is 0 Å². The van der Waals surface area contributed by atoms with Crippen LogP contribution < -0.4 is 5.32 Å². The highest BCUT2D eigenvalue weighted by Crippen LogP contribution is 2.28. The van der Waals surface area contributed by atoms with Gasteiger partial charge in [-0.2, -0.15) is 5.10 Å². The molecule has 0 spiro atoms. The molecule has 100 valence electrons. The average molecular weight is 276 g/mol. The van der Waals surface area contributed by atoms with Gasteiger partial charge < -0.3 is 5.32 Å². The number of fused-ring (bicyclic) bond motifs is 1. The Balaban J connectivity index is 1.79. The van der Waals surface area contributed by atoms with Gasteiger partial charge in [0.15, 0.2) is 0 Å². The van der Waals surface area contributed by atoms with Crippen molar-refractivity contribution in [3.8, 4) is 0 Å². The lowest BCUT2D eigenvalue weighted by molar-refractivity contribution is 0.593. The van der Waals surface area contributed by atoms with Crippen molar-refractivity contribution in [1.82, 2.24) is 9.78 Å². The molecule has 0 fully saturated rings. The lowest BCUT2D eigenvalue weighted by atomic mass is 9.95. The topological polar surface area (TPSA) is 29.9 Å². The molecule has 4 heteroatoms. The van der Waals surface area contributed by atoms with Gasteiger partial charge in [-0.1, -0.05) is 29.8 Å². The number of halogens is 1. The maximum Gasteiger partial charge on any atom is 0.0847 e. The molecule has 1 atom stereocenters. The molecule has 1 unspecified atom stereocenters. The van der Waals surface area contributed by atoms with Gasteiger partial charge in [0.05, 0.1) is 16.4 Å². The fraction of sp³-hybridized carbons (Fsp3) is 0.400. The molecule has 1 aromatic heterocycles. The summed E-state index contributed by atoms with van der Waals surface area (Å²) in [7, 11) is 1.96. The minimum absolute atomic E-state index is 0.433. The van der Waals surface area contributed by atoms with Gasteiger partial charge in [0.25, 0.3) is 0 Å². The zero-order chi connectivity index (χ0) is 13.4. The second-order valence-electron chi connectivity index (χ2n) is 5.21. The Morgan fingerprint density at radius 3 is 2.95 bits per heavy atom. The van der Waals surface area contributed by atoms with E-state index in [0.29, 0.717) is 6.04 Å². The summed E-state index contributed by atoms with van der Waals surface area (Å²) in [6.45, 7) is 1.95. The molecule has 0 saturated heterocycles. The summed E-state index contributed by atoms with van der Waals surface area (Å²) in [4.78, 5) is 0. The van der Waals surface area contributed by atoms with Crippen LogP contribution in [0.3, 0.4) is 0 Å². The first kappa shape index (κ1) is 12.5. The molecule has 2 aromatic rings. The number of benzene rings is 1. The third-order valence-corrected chi connectivity index (χ3v) is 4.33. The monoisotopic (exact) mass is 275 g/mol. The van der Waals surface area contributed by atoms with E-state index in [9.17, 15) is 0 Å². The van der Waals surface area contributed by atoms with Crippen LogP contribution in [0.2, 0.25) is 5.02 Å². The van der Waals surface area contributed by atoms with Crippen LogP contribution in [0, 0.1) is 6.92 Å². The molecule has 3 nitrogen and oxygen atoms in total. The zero-order valence-corrected chi connectivity index (χ0v) is 12.0. The van der Waals surface area contributed by atoms with Crippen molar-refractivity contribution in [2.45, 2.75) is 32.2 Å². The summed E-state index contributed by atoms with van der Waals surface area (Å²) in [5.41, 5.74) is 4.70. The molecule has 1 N–H and O–H groups in total. The van der Waals surface area contributed by atoms with Gasteiger partial charge in [-0.15, -0.1) is 0 Å². The van der Waals surface area contributed by atoms with Crippen LogP contribution in [0.25, 0.3) is 0 Å². The lowest BCUT2D eigenvalue weighted by Gasteiger charge is -2.27. The third-order valence-electron chi connectivity index (χ3n) is 3.84. The van der Waals surface area contributed by atoms with Crippen molar-refractivity contribution < 1.29 is 0 Å². The van der Waals surface area contributed by atoms with Gasteiger partial charge in [0, 0.05) is 25.2 Å². The van der Waals surface area contributed by atoms with Gasteiger partial charge in [-0.3, -0.25) is 4.68 Å². The first-order valence-corrected chi connectivity index (χ1v) is 7.05. The first-order valence-electron chi connectivity index (χ1n) is 6.67. The minimum Gasteiger partial charge on any atom is -0.382 e. The summed E-state index contributed by atoms with van der Waals surface area (Å²) in [5, 5.41) is 8.80. The van der Waals surface area contributed by atoms with Crippen LogP contribution in [-0.4, -0.2) is 15.8 Å². The number of aryl methyl sites for hydroxylation is 3. The minimum atomic E-state index is 0.433. The van der Waals surface area contributed by atoms with Crippen molar-refractivity contribution in [2.75, 3.05) is 5.32 Å². The molecule has 1 aliphatic rings. The number of nitrogens with zero attached hydrogens (tertiary/aromatic N) is 2. The van der Waals surface area contributed by atoms with E-state index in [-0.39, 0.29) is 0 Å². The summed E-state index contributed by atoms with van der Waals surface area (Å²) in [6.07, 6.45) is 3.18. The molecule has 1 aromatic carbocycles. The van der Waals surface area contributed by atoms with Crippen molar-refractivity contribution in [3.05, 3.63) is 46.2 Å². The van der Waals surface area contributed by atoms with Gasteiger partial charge in [0.2, 0.25) is 0 Å². The Bertz CT molecular complexity index is 603. The van der Waals surface area contributed by atoms with Gasteiger partial charge in [-0.05, 0) is 31.4 Å². The molecule has 0 aliphatic carbocycles. The van der Waals surface area contributed by atoms with E-state index in [4.69, 9.17) is 11.6 Å². The van der Waals surface area contributed by atoms with Gasteiger partial charge >= 0.3 is 0 Å². The van der Waals surface area contributed by atoms with Crippen LogP contribution in [0.5, 0.6) is 0 Å². The summed E-state index contributed by atoms with van der Waals surface area (Å²) >= 11 is 6.32. The number of hydrogen-bond acceptors (Lipinski definition) is 2. The molecule has 19 heavy (non-hydrogen) atoms. The summed E-state index contributed by atoms with van der Waals surface area (Å²) < 4.78 is 1.90. The van der Waals surface area contributed by atoms with Crippen molar-refractivity contribution >= 4 is 17.3 Å². The molecule has 0 amide bonds. The predicted octanol–water partition coefficient (Wildman–Crippen LogP) is 3.35. The Kier molecular flexibility index (Phi) is 3.23. The maximum absolute atomic E-state index is 6.32. The predicted molar refractivity (Wildman–Crippen MR) is 78.8 cm³/mol. The molecule has 0 bridgehead atoms. The van der Waals surface area contributed by atoms with E-state index in [0.717, 1.165) is 35.7 Å². The standard InChI is InChI=1S/C15H18ClN3/c1-10-15(16)14(19(2)18-10)9-12-8-7-11-5-3-4-6-13(11)17-12/h3-6,12,17H,7-9H2,1-2H3. The van der Waals surface area contributed by atoms with E-state index < -0.39 is 0 Å². The van der Waals surface area contributed by atoms with Crippen LogP contribution >= 0.6 is 11.6 Å². The number of rotatable bonds is 2. The van der Waals surface area contributed by atoms with Crippen molar-refractivity contribution in [2.24, 2.45) is 7.05 Å². The van der Waals surface area contributed by atoms with Crippen molar-refractivity contribution in [1.29, 1.82) is 0 Å². The Hall–Kier alpha value is -1.48. The van der Waals surface area contributed by atoms with E-state index >= 15 is 0 Å². The Morgan fingerprint density at radius 1 is 1.42 bits per heavy atom. The second-order valence-corrected chi connectivity index (χ2v) is 5.59. The van der Waals surface area contributed by atoms with Crippen LogP contribution in [-0.2, 0) is 19.9 Å². The molecule has 3 rings (SSSR count). The zero-order valence-electron chi connectivity index (χ0n) is 11.3. The number of anilines is 1. The molecule has 1 aliphatic heterocycles. The maximum atomic E-state index is 6.32. The molecule has 0 saturated carbocycles. The smallest absolute Gasteiger partial charge is 0.0847 e. The van der Waals surface area contributed by atoms with E-state index in [2.05, 4.69) is 34.7 Å². The molecule has 2 heterocycles. The molecular weight excluding hydrogens is 258 g/mol. The molecular formula is C15H18ClN3. The number of para-hydroxylation sites is 1. The van der Waals surface area contributed by atoms with E-state index in [1.54, 1.807) is 0 Å². The summed E-state index contributed by atoms with van der Waals surface area (Å²) in [5.74, 6) is 0. The normalized spacial score (nSPS) is 17.9. The highest BCUT2D eigenvalue weighted by atomic mass is 35.5. The fourth-order valence-electron chi connectivity index (χ4n) is 2.79. The molecule has 0 radical (unpaired) electrons. The largest absolute Gasteiger partial charge is 0.382 e. The summed E-state index contributed by atoms with van der Waals surface area (Å²) in [6, 6.07) is 8.96. The van der Waals surface area contributed by atoms with Crippen LogP contribution in [0.1, 0.15) is 23.4 Å². The van der Waals surface area contributed by atoms with Crippen LogP contribution in [0.15, 0.2) is 24.3 Å². The first-order chi connectivity index (χ1) is 9.15. The Labute approximate surface area is 118 Å². The second kappa shape index (κ2) is 4.89. The van der Waals surface area contributed by atoms with Gasteiger partial charge in [-0.25, -0.2) is 0 Å². The SMILES string of the molecule is Cc1nn(C)c(CC2CCc3ccccc3N2)c1Cl. The quantitative estimate of drug-likeness (QED) is 0.911. The Morgan fingerprint density at radius 2 is 2.21 bits per heavy atom. The van der Waals surface area contributed by atoms with E-state index in [1.807, 2.05) is 18.7 Å². The number of nitrogens with one attached hydrogen (secondary N) is 1. The van der Waals surface area contributed by atoms with Crippen LogP contribution in [0.4, 0.5) is 5.69 Å². The van der Waals surface area contributed by atoms with Gasteiger partial charge in [0.1, 0.15) is 0 Å².